The molecule has 0 saturated heterocycles. The van der Waals surface area contributed by atoms with Gasteiger partial charge in [0, 0.05) is 22.0 Å². The Morgan fingerprint density at radius 3 is 1.03 bits per heavy atom. The molecular weight excluding hydrogens is 400 g/mol. The lowest BCUT2D eigenvalue weighted by Crippen LogP contribution is -2.69. The predicted octanol–water partition coefficient (Wildman–Crippen LogP) is 5.24. The van der Waals surface area contributed by atoms with E-state index in [1.807, 2.05) is 0 Å². The summed E-state index contributed by atoms with van der Waals surface area (Å²) in [6.45, 7) is 0. The van der Waals surface area contributed by atoms with E-state index in [1.54, 1.807) is 48.5 Å². The van der Waals surface area contributed by atoms with E-state index < -0.39 is 0 Å². The average Bonchev–Trinajstić information content (AvgIpc) is 2.82. The van der Waals surface area contributed by atoms with E-state index in [0.717, 1.165) is 49.7 Å². The molecule has 7 aliphatic carbocycles. The van der Waals surface area contributed by atoms with Gasteiger partial charge in [-0.3, -0.25) is 9.59 Å². The van der Waals surface area contributed by atoms with Crippen LogP contribution in [0, 0.1) is 46.3 Å². The van der Waals surface area contributed by atoms with Gasteiger partial charge in [0.25, 0.3) is 0 Å². The van der Waals surface area contributed by atoms with Crippen molar-refractivity contribution in [1.82, 2.24) is 0 Å². The maximum atomic E-state index is 13.7. The average molecular weight is 429 g/mol. The van der Waals surface area contributed by atoms with Crippen LogP contribution in [0.3, 0.4) is 0 Å². The van der Waals surface area contributed by atoms with Crippen molar-refractivity contribution < 1.29 is 19.8 Å². The molecule has 0 aliphatic heterocycles. The zero-order chi connectivity index (χ0) is 21.8. The van der Waals surface area contributed by atoms with Crippen LogP contribution < -0.4 is 0 Å². The van der Waals surface area contributed by atoms with Crippen LogP contribution in [-0.2, 0) is 0 Å². The van der Waals surface area contributed by atoms with Gasteiger partial charge in [-0.05, 0) is 123 Å². The minimum absolute atomic E-state index is 0.200. The van der Waals surface area contributed by atoms with Gasteiger partial charge in [-0.25, -0.2) is 0 Å². The molecule has 7 fully saturated rings. The second kappa shape index (κ2) is 6.03. The largest absolute Gasteiger partial charge is 0.508 e. The zero-order valence-electron chi connectivity index (χ0n) is 18.0. The summed E-state index contributed by atoms with van der Waals surface area (Å²) in [5, 5.41) is 19.3. The monoisotopic (exact) mass is 428 g/mol. The Bertz CT molecular complexity index is 974. The van der Waals surface area contributed by atoms with Gasteiger partial charge in [0.1, 0.15) is 11.5 Å². The lowest BCUT2D eigenvalue weighted by molar-refractivity contribution is -0.235. The Hall–Kier alpha value is -2.62. The van der Waals surface area contributed by atoms with Crippen molar-refractivity contribution in [2.24, 2.45) is 46.3 Å². The van der Waals surface area contributed by atoms with Crippen molar-refractivity contribution in [3.8, 4) is 11.5 Å². The second-order valence-electron chi connectivity index (χ2n) is 11.5. The van der Waals surface area contributed by atoms with Crippen LogP contribution in [0.2, 0.25) is 0 Å². The van der Waals surface area contributed by atoms with Crippen LogP contribution in [0.25, 0.3) is 0 Å². The first-order valence-corrected chi connectivity index (χ1v) is 12.1. The van der Waals surface area contributed by atoms with Gasteiger partial charge in [0.15, 0.2) is 11.6 Å². The normalized spacial score (nSPS) is 42.4. The molecule has 0 aromatic heterocycles. The topological polar surface area (TPSA) is 74.6 Å². The molecule has 164 valence electrons. The first kappa shape index (κ1) is 18.9. The summed E-state index contributed by atoms with van der Waals surface area (Å²) in [5.74, 6) is 4.41. The lowest BCUT2D eigenvalue weighted by atomic mass is 9.29. The van der Waals surface area contributed by atoms with E-state index in [-0.39, 0.29) is 33.9 Å². The molecule has 2 N–H and O–H groups in total. The molecule has 0 amide bonds. The van der Waals surface area contributed by atoms with E-state index in [2.05, 4.69) is 0 Å². The number of benzene rings is 2. The summed E-state index contributed by atoms with van der Waals surface area (Å²) in [4.78, 5) is 27.4. The molecule has 9 rings (SSSR count). The molecule has 8 bridgehead atoms. The second-order valence-corrected chi connectivity index (χ2v) is 11.5. The summed E-state index contributed by atoms with van der Waals surface area (Å²) >= 11 is 0. The number of ketones is 2. The van der Waals surface area contributed by atoms with Gasteiger partial charge in [0.05, 0.1) is 0 Å². The van der Waals surface area contributed by atoms with Gasteiger partial charge in [-0.15, -0.1) is 0 Å². The highest BCUT2D eigenvalue weighted by atomic mass is 16.3. The van der Waals surface area contributed by atoms with Gasteiger partial charge < -0.3 is 10.2 Å². The maximum absolute atomic E-state index is 13.7. The fraction of sp³-hybridized carbons (Fsp3) is 0.500. The summed E-state index contributed by atoms with van der Waals surface area (Å²) in [5.41, 5.74) is 0.998. The third kappa shape index (κ3) is 2.28. The van der Waals surface area contributed by atoms with Crippen molar-refractivity contribution >= 4 is 11.6 Å². The summed E-state index contributed by atoms with van der Waals surface area (Å²) in [6, 6.07) is 13.6. The molecule has 7 saturated carbocycles. The lowest BCUT2D eigenvalue weighted by Gasteiger charge is -2.74. The standard InChI is InChI=1S/C28H28O4/c29-17-5-1-15(2-6-17)25(31)27-9-19-22-12-28(26(32)16-3-7-18(30)8-4-16)13-23(19)21(11-27)24(14-28)20(22)10-27/h1-8,19-24,29-30H,9-14H2. The van der Waals surface area contributed by atoms with Gasteiger partial charge in [0.2, 0.25) is 0 Å². The number of phenolic OH excluding ortho intramolecular Hbond substituents is 2. The van der Waals surface area contributed by atoms with Crippen molar-refractivity contribution in [1.29, 1.82) is 0 Å². The third-order valence-electron chi connectivity index (χ3n) is 10.3. The summed E-state index contributed by atoms with van der Waals surface area (Å²) in [6.07, 6.45) is 5.86. The third-order valence-corrected chi connectivity index (χ3v) is 10.3. The Kier molecular flexibility index (Phi) is 3.56. The number of aromatic hydroxyl groups is 2. The van der Waals surface area contributed by atoms with Gasteiger partial charge >= 0.3 is 0 Å². The molecule has 4 nitrogen and oxygen atoms in total. The predicted molar refractivity (Wildman–Crippen MR) is 118 cm³/mol. The molecule has 4 heteroatoms. The number of carbonyl (C=O) groups is 2. The molecular formula is C28H28O4. The Morgan fingerprint density at radius 1 is 0.531 bits per heavy atom. The number of carbonyl (C=O) groups excluding carboxylic acids is 2. The number of hydrogen-bond donors (Lipinski definition) is 2. The summed E-state index contributed by atoms with van der Waals surface area (Å²) in [7, 11) is 0. The fourth-order valence-electron chi connectivity index (χ4n) is 9.32. The van der Waals surface area contributed by atoms with Crippen LogP contribution in [0.5, 0.6) is 11.5 Å². The number of phenols is 2. The highest BCUT2D eigenvalue weighted by molar-refractivity contribution is 6.02. The SMILES string of the molecule is O=C(c1ccc(O)cc1)C12CC3C4CC5(C(=O)c6ccc(O)cc6)CC3C(C1)C(C5)C4C2. The fourth-order valence-corrected chi connectivity index (χ4v) is 9.32. The molecule has 0 atom stereocenters. The first-order valence-electron chi connectivity index (χ1n) is 12.1. The quantitative estimate of drug-likeness (QED) is 0.653. The van der Waals surface area contributed by atoms with Crippen LogP contribution >= 0.6 is 0 Å². The van der Waals surface area contributed by atoms with Crippen LogP contribution in [0.15, 0.2) is 48.5 Å². The number of rotatable bonds is 4. The molecule has 0 unspecified atom stereocenters. The minimum Gasteiger partial charge on any atom is -0.508 e. The Morgan fingerprint density at radius 2 is 0.781 bits per heavy atom. The Labute approximate surface area is 187 Å². The van der Waals surface area contributed by atoms with Crippen molar-refractivity contribution in [2.45, 2.75) is 38.5 Å². The molecule has 0 spiro atoms. The van der Waals surface area contributed by atoms with E-state index in [1.165, 1.54) is 0 Å². The molecule has 0 heterocycles. The smallest absolute Gasteiger partial charge is 0.169 e. The summed E-state index contributed by atoms with van der Waals surface area (Å²) < 4.78 is 0. The Balaban J connectivity index is 1.21. The van der Waals surface area contributed by atoms with E-state index in [0.29, 0.717) is 35.5 Å². The number of Topliss-reactive ketones (excluding diaryl/α,β-unsaturated/α-hetero) is 2. The van der Waals surface area contributed by atoms with Crippen LogP contribution in [0.1, 0.15) is 59.2 Å². The minimum atomic E-state index is -0.237. The molecule has 32 heavy (non-hydrogen) atoms. The molecule has 2 aromatic rings. The van der Waals surface area contributed by atoms with E-state index in [9.17, 15) is 19.8 Å². The first-order chi connectivity index (χ1) is 15.4. The molecule has 7 aliphatic rings. The van der Waals surface area contributed by atoms with Crippen LogP contribution in [0.4, 0.5) is 0 Å². The van der Waals surface area contributed by atoms with Gasteiger partial charge in [-0.1, -0.05) is 0 Å². The van der Waals surface area contributed by atoms with E-state index in [4.69, 9.17) is 0 Å². The maximum Gasteiger partial charge on any atom is 0.169 e. The van der Waals surface area contributed by atoms with Crippen molar-refractivity contribution in [3.05, 3.63) is 59.7 Å². The van der Waals surface area contributed by atoms with Crippen LogP contribution in [-0.4, -0.2) is 21.8 Å². The van der Waals surface area contributed by atoms with Gasteiger partial charge in [-0.2, -0.15) is 0 Å². The molecule has 0 radical (unpaired) electrons. The number of hydrogen-bond acceptors (Lipinski definition) is 4. The molecule has 2 aromatic carbocycles. The van der Waals surface area contributed by atoms with E-state index >= 15 is 0 Å². The van der Waals surface area contributed by atoms with Crippen molar-refractivity contribution in [2.75, 3.05) is 0 Å². The van der Waals surface area contributed by atoms with Crippen molar-refractivity contribution in [3.63, 3.8) is 0 Å². The highest BCUT2D eigenvalue weighted by Crippen LogP contribution is 2.77. The highest BCUT2D eigenvalue weighted by Gasteiger charge is 2.72. The zero-order valence-corrected chi connectivity index (χ0v) is 18.0.